The molecule has 2 aliphatic heterocycles. The molecule has 1 saturated heterocycles. The molecule has 3 heterocycles. The van der Waals surface area contributed by atoms with Crippen molar-refractivity contribution in [3.8, 4) is 11.5 Å². The van der Waals surface area contributed by atoms with Crippen molar-refractivity contribution in [1.82, 2.24) is 9.88 Å². The molecule has 0 bridgehead atoms. The van der Waals surface area contributed by atoms with E-state index in [9.17, 15) is 0 Å². The van der Waals surface area contributed by atoms with Crippen molar-refractivity contribution in [3.63, 3.8) is 0 Å². The quantitative estimate of drug-likeness (QED) is 0.631. The molecular formula is C25H35N3O2. The topological polar surface area (TPSA) is 46.6 Å². The molecule has 0 atom stereocenters. The number of nitrogens with one attached hydrogen (secondary N) is 1. The minimum atomic E-state index is 0.0472. The highest BCUT2D eigenvalue weighted by Crippen LogP contribution is 2.42. The molecule has 1 N–H and O–H groups in total. The molecule has 2 aliphatic rings. The number of hydrogen-bond donors (Lipinski definition) is 1. The predicted octanol–water partition coefficient (Wildman–Crippen LogP) is 5.28. The van der Waals surface area contributed by atoms with Crippen LogP contribution in [0.25, 0.3) is 16.5 Å². The van der Waals surface area contributed by atoms with Gasteiger partial charge in [0.2, 0.25) is 0 Å². The molecule has 162 valence electrons. The third-order valence-electron chi connectivity index (χ3n) is 6.31. The fraction of sp³-hybridized carbons (Fsp3) is 0.560. The van der Waals surface area contributed by atoms with Crippen molar-refractivity contribution in [2.75, 3.05) is 38.7 Å². The van der Waals surface area contributed by atoms with Gasteiger partial charge in [0.05, 0.1) is 24.9 Å². The number of allylic oxidation sites excluding steroid dienone is 1. The number of ether oxygens (including phenoxy) is 2. The van der Waals surface area contributed by atoms with Crippen LogP contribution >= 0.6 is 0 Å². The summed E-state index contributed by atoms with van der Waals surface area (Å²) in [7, 11) is 1.71. The van der Waals surface area contributed by atoms with Gasteiger partial charge in [-0.1, -0.05) is 6.58 Å². The Hall–Kier alpha value is -2.27. The minimum absolute atomic E-state index is 0.0472. The number of benzene rings is 1. The first kappa shape index (κ1) is 21.0. The van der Waals surface area contributed by atoms with E-state index in [1.807, 2.05) is 13.0 Å². The van der Waals surface area contributed by atoms with Crippen LogP contribution < -0.4 is 14.8 Å². The summed E-state index contributed by atoms with van der Waals surface area (Å²) < 4.78 is 11.8. The number of rotatable bonds is 7. The van der Waals surface area contributed by atoms with Crippen LogP contribution in [0.1, 0.15) is 57.7 Å². The van der Waals surface area contributed by atoms with Gasteiger partial charge in [0.25, 0.3) is 0 Å². The van der Waals surface area contributed by atoms with Gasteiger partial charge in [-0.25, -0.2) is 4.98 Å². The van der Waals surface area contributed by atoms with Gasteiger partial charge in [0.1, 0.15) is 0 Å². The Morgan fingerprint density at radius 1 is 1.23 bits per heavy atom. The van der Waals surface area contributed by atoms with Crippen LogP contribution in [-0.2, 0) is 6.42 Å². The maximum Gasteiger partial charge on any atom is 0.163 e. The fourth-order valence-corrected chi connectivity index (χ4v) is 4.64. The maximum atomic E-state index is 6.15. The summed E-state index contributed by atoms with van der Waals surface area (Å²) in [6, 6.07) is 4.10. The van der Waals surface area contributed by atoms with Crippen LogP contribution in [0.4, 0.5) is 5.69 Å². The third kappa shape index (κ3) is 4.27. The Labute approximate surface area is 180 Å². The van der Waals surface area contributed by atoms with Crippen molar-refractivity contribution in [2.24, 2.45) is 0 Å². The molecule has 1 aromatic heterocycles. The molecule has 5 nitrogen and oxygen atoms in total. The van der Waals surface area contributed by atoms with E-state index in [0.29, 0.717) is 6.61 Å². The summed E-state index contributed by atoms with van der Waals surface area (Å²) in [4.78, 5) is 7.50. The van der Waals surface area contributed by atoms with Gasteiger partial charge >= 0.3 is 0 Å². The monoisotopic (exact) mass is 409 g/mol. The van der Waals surface area contributed by atoms with Gasteiger partial charge in [-0.3, -0.25) is 0 Å². The number of likely N-dealkylation sites (tertiary alicyclic amines) is 1. The summed E-state index contributed by atoms with van der Waals surface area (Å²) >= 11 is 0. The molecule has 0 spiro atoms. The zero-order chi connectivity index (χ0) is 21.3. The molecule has 1 aromatic carbocycles. The van der Waals surface area contributed by atoms with E-state index in [0.717, 1.165) is 65.2 Å². The number of aromatic nitrogens is 1. The molecule has 0 amide bonds. The average molecular weight is 410 g/mol. The molecule has 30 heavy (non-hydrogen) atoms. The summed E-state index contributed by atoms with van der Waals surface area (Å²) in [6.45, 7) is 14.9. The Kier molecular flexibility index (Phi) is 5.92. The molecule has 4 rings (SSSR count). The van der Waals surface area contributed by atoms with Gasteiger partial charge < -0.3 is 19.7 Å². The number of nitrogens with zero attached hydrogens (tertiary/aromatic N) is 2. The van der Waals surface area contributed by atoms with Crippen LogP contribution in [0.15, 0.2) is 18.7 Å². The molecule has 0 aliphatic carbocycles. The predicted molar refractivity (Wildman–Crippen MR) is 125 cm³/mol. The zero-order valence-electron chi connectivity index (χ0n) is 18.9. The second-order valence-corrected chi connectivity index (χ2v) is 9.37. The third-order valence-corrected chi connectivity index (χ3v) is 6.31. The summed E-state index contributed by atoms with van der Waals surface area (Å²) in [5.74, 6) is 1.53. The molecule has 0 saturated carbocycles. The van der Waals surface area contributed by atoms with Crippen LogP contribution in [-0.4, -0.2) is 48.8 Å². The first-order chi connectivity index (χ1) is 14.4. The zero-order valence-corrected chi connectivity index (χ0v) is 18.9. The van der Waals surface area contributed by atoms with Gasteiger partial charge in [-0.15, -0.1) is 0 Å². The van der Waals surface area contributed by atoms with E-state index < -0.39 is 0 Å². The lowest BCUT2D eigenvalue weighted by Crippen LogP contribution is -2.35. The summed E-state index contributed by atoms with van der Waals surface area (Å²) in [5, 5.41) is 4.83. The summed E-state index contributed by atoms with van der Waals surface area (Å²) in [5.41, 5.74) is 5.39. The van der Waals surface area contributed by atoms with E-state index in [1.54, 1.807) is 7.11 Å². The lowest BCUT2D eigenvalue weighted by Gasteiger charge is -2.35. The van der Waals surface area contributed by atoms with E-state index in [4.69, 9.17) is 14.5 Å². The normalized spacial score (nSPS) is 18.1. The van der Waals surface area contributed by atoms with E-state index in [-0.39, 0.29) is 5.54 Å². The first-order valence-electron chi connectivity index (χ1n) is 11.2. The fourth-order valence-electron chi connectivity index (χ4n) is 4.64. The molecule has 0 radical (unpaired) electrons. The maximum absolute atomic E-state index is 6.15. The number of methoxy groups -OCH3 is 1. The van der Waals surface area contributed by atoms with E-state index in [1.165, 1.54) is 31.5 Å². The van der Waals surface area contributed by atoms with Crippen molar-refractivity contribution >= 4 is 22.2 Å². The highest BCUT2D eigenvalue weighted by Gasteiger charge is 2.29. The van der Waals surface area contributed by atoms with Crippen LogP contribution in [0.3, 0.4) is 0 Å². The largest absolute Gasteiger partial charge is 0.493 e. The Morgan fingerprint density at radius 3 is 2.70 bits per heavy atom. The Balaban J connectivity index is 1.65. The smallest absolute Gasteiger partial charge is 0.163 e. The van der Waals surface area contributed by atoms with E-state index in [2.05, 4.69) is 36.7 Å². The highest BCUT2D eigenvalue weighted by molar-refractivity contribution is 5.98. The van der Waals surface area contributed by atoms with Gasteiger partial charge in [-0.2, -0.15) is 0 Å². The molecule has 2 aromatic rings. The van der Waals surface area contributed by atoms with Crippen LogP contribution in [0.2, 0.25) is 0 Å². The summed E-state index contributed by atoms with van der Waals surface area (Å²) in [6.07, 6.45) is 5.74. The minimum Gasteiger partial charge on any atom is -0.493 e. The molecule has 1 fully saturated rings. The van der Waals surface area contributed by atoms with Crippen molar-refractivity contribution in [2.45, 2.75) is 58.4 Å². The number of anilines is 1. The Morgan fingerprint density at radius 2 is 2.00 bits per heavy atom. The van der Waals surface area contributed by atoms with Crippen molar-refractivity contribution < 1.29 is 9.47 Å². The van der Waals surface area contributed by atoms with Crippen molar-refractivity contribution in [1.29, 1.82) is 0 Å². The Bertz CT molecular complexity index is 945. The highest BCUT2D eigenvalue weighted by atomic mass is 16.5. The average Bonchev–Trinajstić information content (AvgIpc) is 3.22. The second-order valence-electron chi connectivity index (χ2n) is 9.37. The molecule has 0 unspecified atom stereocenters. The van der Waals surface area contributed by atoms with Crippen molar-refractivity contribution in [3.05, 3.63) is 30.0 Å². The second kappa shape index (κ2) is 8.46. The number of hydrogen-bond acceptors (Lipinski definition) is 5. The molecular weight excluding hydrogens is 374 g/mol. The van der Waals surface area contributed by atoms with E-state index >= 15 is 0 Å². The van der Waals surface area contributed by atoms with Crippen LogP contribution in [0.5, 0.6) is 11.5 Å². The number of fused-ring (bicyclic) bond motifs is 3. The lowest BCUT2D eigenvalue weighted by atomic mass is 9.86. The van der Waals surface area contributed by atoms with Gasteiger partial charge in [0, 0.05) is 34.8 Å². The standard InChI is InChI=1S/C25H35N3O2/c1-17(2)23-18-9-10-25(3,4)27-24(18)19-15-21(29-5)22(16-20(19)26-23)30-14-8-13-28-11-6-7-12-28/h15-16,27H,1,6-14H2,2-5H3. The van der Waals surface area contributed by atoms with Crippen LogP contribution in [0, 0.1) is 0 Å². The first-order valence-corrected chi connectivity index (χ1v) is 11.2. The lowest BCUT2D eigenvalue weighted by molar-refractivity contribution is 0.254. The number of pyridine rings is 1. The SMILES string of the molecule is C=C(C)c1nc2cc(OCCCN3CCCC3)c(OC)cc2c2c1CCC(C)(C)N2. The van der Waals surface area contributed by atoms with Gasteiger partial charge in [0.15, 0.2) is 11.5 Å². The van der Waals surface area contributed by atoms with Gasteiger partial charge in [-0.05, 0) is 77.6 Å². The molecule has 5 heteroatoms.